The highest BCUT2D eigenvalue weighted by atomic mass is 32.2. The van der Waals surface area contributed by atoms with Crippen LogP contribution in [0.4, 0.5) is 5.82 Å². The first-order valence-corrected chi connectivity index (χ1v) is 7.46. The molecule has 2 aromatic rings. The topological polar surface area (TPSA) is 101 Å². The molecule has 0 atom stereocenters. The zero-order valence-electron chi connectivity index (χ0n) is 10.9. The molecule has 0 bridgehead atoms. The van der Waals surface area contributed by atoms with Gasteiger partial charge in [-0.25, -0.2) is 22.7 Å². The summed E-state index contributed by atoms with van der Waals surface area (Å²) >= 11 is 0. The molecule has 0 radical (unpaired) electrons. The molecule has 0 amide bonds. The van der Waals surface area contributed by atoms with Crippen molar-refractivity contribution in [2.24, 2.45) is 0 Å². The Bertz CT molecular complexity index is 682. The molecule has 0 aliphatic heterocycles. The highest BCUT2D eigenvalue weighted by Crippen LogP contribution is 2.18. The normalized spacial score (nSPS) is 12.2. The molecule has 0 fully saturated rings. The summed E-state index contributed by atoms with van der Waals surface area (Å²) in [6.45, 7) is 2.48. The number of anilines is 1. The Hall–Kier alpha value is -1.74. The number of oxazole rings is 1. The van der Waals surface area contributed by atoms with E-state index < -0.39 is 10.0 Å². The van der Waals surface area contributed by atoms with Crippen LogP contribution in [0.25, 0.3) is 11.2 Å². The Morgan fingerprint density at radius 1 is 1.42 bits per heavy atom. The van der Waals surface area contributed by atoms with Crippen LogP contribution in [0, 0.1) is 6.92 Å². The van der Waals surface area contributed by atoms with Crippen molar-refractivity contribution in [3.8, 4) is 0 Å². The Morgan fingerprint density at radius 3 is 2.84 bits per heavy atom. The van der Waals surface area contributed by atoms with Crippen LogP contribution in [0.15, 0.2) is 10.7 Å². The number of fused-ring (bicyclic) bond motifs is 1. The molecule has 104 valence electrons. The highest BCUT2D eigenvalue weighted by Gasteiger charge is 2.12. The SMILES string of the molecule is Cc1nc2c(NCCN(C)S(C)(=O)=O)ncnc2o1. The molecule has 2 heterocycles. The third-order valence-electron chi connectivity index (χ3n) is 2.59. The molecule has 0 unspecified atom stereocenters. The molecule has 0 aliphatic rings. The molecule has 9 heteroatoms. The number of nitrogens with zero attached hydrogens (tertiary/aromatic N) is 4. The van der Waals surface area contributed by atoms with Crippen molar-refractivity contribution in [2.75, 3.05) is 31.7 Å². The number of hydrogen-bond donors (Lipinski definition) is 1. The predicted octanol–water partition coefficient (Wildman–Crippen LogP) is 0.230. The number of aromatic nitrogens is 3. The largest absolute Gasteiger partial charge is 0.422 e. The van der Waals surface area contributed by atoms with E-state index in [1.807, 2.05) is 0 Å². The van der Waals surface area contributed by atoms with E-state index in [0.29, 0.717) is 36.0 Å². The molecule has 1 N–H and O–H groups in total. The van der Waals surface area contributed by atoms with E-state index in [2.05, 4.69) is 20.3 Å². The van der Waals surface area contributed by atoms with Crippen molar-refractivity contribution in [1.29, 1.82) is 0 Å². The number of hydrogen-bond acceptors (Lipinski definition) is 7. The molecule has 8 nitrogen and oxygen atoms in total. The number of aryl methyl sites for hydroxylation is 1. The maximum atomic E-state index is 11.2. The van der Waals surface area contributed by atoms with Crippen LogP contribution in [0.3, 0.4) is 0 Å². The van der Waals surface area contributed by atoms with Crippen molar-refractivity contribution in [3.05, 3.63) is 12.2 Å². The molecule has 0 spiro atoms. The fourth-order valence-corrected chi connectivity index (χ4v) is 1.91. The van der Waals surface area contributed by atoms with E-state index in [0.717, 1.165) is 6.26 Å². The van der Waals surface area contributed by atoms with Gasteiger partial charge in [-0.1, -0.05) is 0 Å². The number of rotatable bonds is 5. The summed E-state index contributed by atoms with van der Waals surface area (Å²) in [5.74, 6) is 1.04. The molecule has 0 aromatic carbocycles. The molecule has 0 aliphatic carbocycles. The van der Waals surface area contributed by atoms with Gasteiger partial charge in [-0.05, 0) is 0 Å². The average Bonchev–Trinajstić information content (AvgIpc) is 2.68. The Morgan fingerprint density at radius 2 is 2.16 bits per heavy atom. The first-order valence-electron chi connectivity index (χ1n) is 5.61. The van der Waals surface area contributed by atoms with Gasteiger partial charge in [-0.3, -0.25) is 0 Å². The molecule has 2 aromatic heterocycles. The van der Waals surface area contributed by atoms with Gasteiger partial charge >= 0.3 is 0 Å². The Labute approximate surface area is 110 Å². The van der Waals surface area contributed by atoms with Gasteiger partial charge in [0.25, 0.3) is 5.71 Å². The third kappa shape index (κ3) is 3.18. The third-order valence-corrected chi connectivity index (χ3v) is 3.90. The van der Waals surface area contributed by atoms with E-state index in [9.17, 15) is 8.42 Å². The van der Waals surface area contributed by atoms with Crippen LogP contribution < -0.4 is 5.32 Å². The summed E-state index contributed by atoms with van der Waals surface area (Å²) in [7, 11) is -1.65. The summed E-state index contributed by atoms with van der Waals surface area (Å²) in [6, 6.07) is 0. The van der Waals surface area contributed by atoms with Crippen molar-refractivity contribution in [1.82, 2.24) is 19.3 Å². The van der Waals surface area contributed by atoms with Crippen molar-refractivity contribution >= 4 is 27.1 Å². The molecule has 2 rings (SSSR count). The Kier molecular flexibility index (Phi) is 3.67. The minimum absolute atomic E-state index is 0.334. The Balaban J connectivity index is 2.06. The summed E-state index contributed by atoms with van der Waals surface area (Å²) < 4.78 is 29.0. The van der Waals surface area contributed by atoms with Crippen LogP contribution in [-0.4, -0.2) is 54.1 Å². The predicted molar refractivity (Wildman–Crippen MR) is 70.3 cm³/mol. The summed E-state index contributed by atoms with van der Waals surface area (Å²) in [5.41, 5.74) is 0.952. The van der Waals surface area contributed by atoms with E-state index in [4.69, 9.17) is 4.42 Å². The van der Waals surface area contributed by atoms with E-state index in [1.165, 1.54) is 17.7 Å². The lowest BCUT2D eigenvalue weighted by atomic mass is 10.5. The van der Waals surface area contributed by atoms with Crippen molar-refractivity contribution in [2.45, 2.75) is 6.92 Å². The minimum Gasteiger partial charge on any atom is -0.422 e. The van der Waals surface area contributed by atoms with Gasteiger partial charge in [0.1, 0.15) is 6.33 Å². The standard InChI is InChI=1S/C10H15N5O3S/c1-7-14-8-9(12-6-13-10(8)18-7)11-4-5-15(2)19(3,16)17/h6H,4-5H2,1-3H3,(H,11,12,13). The summed E-state index contributed by atoms with van der Waals surface area (Å²) in [4.78, 5) is 12.2. The molecular weight excluding hydrogens is 270 g/mol. The second-order valence-electron chi connectivity index (χ2n) is 4.12. The zero-order chi connectivity index (χ0) is 14.0. The lowest BCUT2D eigenvalue weighted by Crippen LogP contribution is -2.30. The van der Waals surface area contributed by atoms with E-state index >= 15 is 0 Å². The lowest BCUT2D eigenvalue weighted by Gasteiger charge is -2.14. The fraction of sp³-hybridized carbons (Fsp3) is 0.500. The first-order chi connectivity index (χ1) is 8.88. The smallest absolute Gasteiger partial charge is 0.252 e. The van der Waals surface area contributed by atoms with Gasteiger partial charge in [-0.2, -0.15) is 4.98 Å². The number of likely N-dealkylation sites (N-methyl/N-ethyl adjacent to an activating group) is 1. The van der Waals surface area contributed by atoms with Crippen LogP contribution >= 0.6 is 0 Å². The fourth-order valence-electron chi connectivity index (χ4n) is 1.49. The molecule has 19 heavy (non-hydrogen) atoms. The van der Waals surface area contributed by atoms with Gasteiger partial charge in [0.2, 0.25) is 10.0 Å². The van der Waals surface area contributed by atoms with Crippen LogP contribution in [0.2, 0.25) is 0 Å². The van der Waals surface area contributed by atoms with Gasteiger partial charge < -0.3 is 9.73 Å². The summed E-state index contributed by atoms with van der Waals surface area (Å²) in [6.07, 6.45) is 2.53. The summed E-state index contributed by atoms with van der Waals surface area (Å²) in [5, 5.41) is 3.02. The molecular formula is C10H15N5O3S. The maximum Gasteiger partial charge on any atom is 0.252 e. The van der Waals surface area contributed by atoms with Crippen molar-refractivity contribution in [3.63, 3.8) is 0 Å². The quantitative estimate of drug-likeness (QED) is 0.839. The van der Waals surface area contributed by atoms with Gasteiger partial charge in [0.15, 0.2) is 17.2 Å². The monoisotopic (exact) mass is 285 g/mol. The second-order valence-corrected chi connectivity index (χ2v) is 6.21. The number of nitrogens with one attached hydrogen (secondary N) is 1. The number of sulfonamides is 1. The lowest BCUT2D eigenvalue weighted by molar-refractivity contribution is 0.486. The van der Waals surface area contributed by atoms with Crippen LogP contribution in [0.1, 0.15) is 5.89 Å². The van der Waals surface area contributed by atoms with Gasteiger partial charge in [0, 0.05) is 27.1 Å². The zero-order valence-corrected chi connectivity index (χ0v) is 11.7. The minimum atomic E-state index is -3.17. The van der Waals surface area contributed by atoms with Crippen LogP contribution in [0.5, 0.6) is 0 Å². The van der Waals surface area contributed by atoms with Gasteiger partial charge in [-0.15, -0.1) is 0 Å². The highest BCUT2D eigenvalue weighted by molar-refractivity contribution is 7.88. The van der Waals surface area contributed by atoms with E-state index in [-0.39, 0.29) is 0 Å². The van der Waals surface area contributed by atoms with Gasteiger partial charge in [0.05, 0.1) is 6.26 Å². The molecule has 0 saturated heterocycles. The van der Waals surface area contributed by atoms with Crippen LogP contribution in [-0.2, 0) is 10.0 Å². The second kappa shape index (κ2) is 5.10. The first kappa shape index (κ1) is 13.7. The van der Waals surface area contributed by atoms with Crippen molar-refractivity contribution < 1.29 is 12.8 Å². The van der Waals surface area contributed by atoms with E-state index in [1.54, 1.807) is 6.92 Å². The maximum absolute atomic E-state index is 11.2. The average molecular weight is 285 g/mol. The molecule has 0 saturated carbocycles.